The molecular formula is C20H17F3N6O. The fraction of sp³-hybridized carbons (Fsp3) is 0.250. The van der Waals surface area contributed by atoms with E-state index in [1.165, 1.54) is 24.5 Å². The molecule has 2 N–H and O–H groups in total. The van der Waals surface area contributed by atoms with Gasteiger partial charge in [-0.1, -0.05) is 0 Å². The molecule has 0 saturated heterocycles. The molecule has 4 heterocycles. The summed E-state index contributed by atoms with van der Waals surface area (Å²) < 4.78 is 39.7. The van der Waals surface area contributed by atoms with Crippen molar-refractivity contribution in [1.82, 2.24) is 19.7 Å². The number of aryl methyl sites for hydroxylation is 2. The Hall–Kier alpha value is -3.74. The molecule has 0 radical (unpaired) electrons. The third kappa shape index (κ3) is 5.00. The average Bonchev–Trinajstić information content (AvgIpc) is 3.18. The fourth-order valence-corrected chi connectivity index (χ4v) is 2.95. The van der Waals surface area contributed by atoms with Crippen LogP contribution in [0.25, 0.3) is 11.3 Å². The number of nitriles is 1. The van der Waals surface area contributed by atoms with Crippen LogP contribution < -0.4 is 5.73 Å². The molecule has 7 nitrogen and oxygen atoms in total. The Balaban J connectivity index is 0.000000199. The number of nitrogens with two attached hydrogens (primary N) is 1. The molecule has 0 spiro atoms. The van der Waals surface area contributed by atoms with E-state index in [2.05, 4.69) is 15.1 Å². The van der Waals surface area contributed by atoms with Gasteiger partial charge in [-0.25, -0.2) is 4.98 Å². The number of pyridine rings is 2. The van der Waals surface area contributed by atoms with Gasteiger partial charge in [-0.05, 0) is 49.6 Å². The lowest BCUT2D eigenvalue weighted by molar-refractivity contribution is -0.141. The van der Waals surface area contributed by atoms with E-state index < -0.39 is 17.8 Å². The van der Waals surface area contributed by atoms with Gasteiger partial charge in [-0.15, -0.1) is 0 Å². The highest BCUT2D eigenvalue weighted by Gasteiger charge is 2.32. The van der Waals surface area contributed by atoms with Crippen LogP contribution in [0, 0.1) is 11.3 Å². The van der Waals surface area contributed by atoms with Crippen molar-refractivity contribution >= 4 is 5.91 Å². The van der Waals surface area contributed by atoms with E-state index in [1.54, 1.807) is 12.1 Å². The van der Waals surface area contributed by atoms with E-state index in [0.29, 0.717) is 16.8 Å². The predicted molar refractivity (Wildman–Crippen MR) is 101 cm³/mol. The number of nitrogens with zero attached hydrogens (tertiary/aromatic N) is 5. The van der Waals surface area contributed by atoms with Crippen LogP contribution in [0.15, 0.2) is 42.7 Å². The minimum atomic E-state index is -4.42. The normalized spacial score (nSPS) is 12.9. The summed E-state index contributed by atoms with van der Waals surface area (Å²) in [6, 6.07) is 9.09. The summed E-state index contributed by atoms with van der Waals surface area (Å²) in [7, 11) is 0. The topological polar surface area (TPSA) is 110 Å². The Kier molecular flexibility index (Phi) is 6.11. The summed E-state index contributed by atoms with van der Waals surface area (Å²) in [6.07, 6.45) is 1.24. The number of carbonyl (C=O) groups is 1. The fourth-order valence-electron chi connectivity index (χ4n) is 2.95. The first kappa shape index (κ1) is 21.0. The predicted octanol–water partition coefficient (Wildman–Crippen LogP) is 3.35. The van der Waals surface area contributed by atoms with Gasteiger partial charge in [-0.2, -0.15) is 23.5 Å². The Morgan fingerprint density at radius 2 is 1.90 bits per heavy atom. The highest BCUT2D eigenvalue weighted by Crippen LogP contribution is 2.30. The van der Waals surface area contributed by atoms with Crippen LogP contribution >= 0.6 is 0 Å². The lowest BCUT2D eigenvalue weighted by Gasteiger charge is -2.11. The second-order valence-corrected chi connectivity index (χ2v) is 6.53. The van der Waals surface area contributed by atoms with Gasteiger partial charge < -0.3 is 5.73 Å². The quantitative estimate of drug-likeness (QED) is 0.691. The molecule has 0 bridgehead atoms. The number of hydrogen-bond acceptors (Lipinski definition) is 5. The zero-order valence-corrected chi connectivity index (χ0v) is 15.7. The van der Waals surface area contributed by atoms with E-state index >= 15 is 0 Å². The molecule has 4 rings (SSSR count). The number of alkyl halides is 3. The van der Waals surface area contributed by atoms with Gasteiger partial charge in [-0.3, -0.25) is 14.5 Å². The van der Waals surface area contributed by atoms with E-state index in [4.69, 9.17) is 11.0 Å². The zero-order valence-electron chi connectivity index (χ0n) is 15.7. The first-order valence-electron chi connectivity index (χ1n) is 9.04. The number of rotatable bonds is 2. The molecule has 10 heteroatoms. The molecule has 3 aromatic rings. The minimum absolute atomic E-state index is 0.196. The van der Waals surface area contributed by atoms with E-state index in [1.807, 2.05) is 10.7 Å². The van der Waals surface area contributed by atoms with Crippen LogP contribution in [-0.4, -0.2) is 25.7 Å². The van der Waals surface area contributed by atoms with Gasteiger partial charge in [0.2, 0.25) is 5.91 Å². The number of hydrogen-bond donors (Lipinski definition) is 1. The Bertz CT molecular complexity index is 1080. The third-order valence-corrected chi connectivity index (χ3v) is 4.42. The third-order valence-electron chi connectivity index (χ3n) is 4.42. The second-order valence-electron chi connectivity index (χ2n) is 6.53. The summed E-state index contributed by atoms with van der Waals surface area (Å²) in [5.74, 6) is -0.552. The molecule has 1 aliphatic rings. The summed E-state index contributed by atoms with van der Waals surface area (Å²) in [5.41, 5.74) is 6.72. The first-order valence-corrected chi connectivity index (χ1v) is 9.04. The van der Waals surface area contributed by atoms with E-state index in [-0.39, 0.29) is 5.69 Å². The molecule has 154 valence electrons. The largest absolute Gasteiger partial charge is 0.433 e. The first-order chi connectivity index (χ1) is 14.3. The summed E-state index contributed by atoms with van der Waals surface area (Å²) in [5, 5.41) is 12.7. The van der Waals surface area contributed by atoms with Crippen LogP contribution in [-0.2, 0) is 19.1 Å². The number of fused-ring (bicyclic) bond motifs is 1. The van der Waals surface area contributed by atoms with Crippen molar-refractivity contribution in [2.24, 2.45) is 5.73 Å². The van der Waals surface area contributed by atoms with Gasteiger partial charge in [0.25, 0.3) is 0 Å². The number of primary amides is 1. The van der Waals surface area contributed by atoms with Gasteiger partial charge in [0.15, 0.2) is 0 Å². The van der Waals surface area contributed by atoms with Crippen molar-refractivity contribution in [1.29, 1.82) is 5.26 Å². The number of aromatic nitrogens is 4. The summed E-state index contributed by atoms with van der Waals surface area (Å²) in [4.78, 5) is 17.6. The highest BCUT2D eigenvalue weighted by molar-refractivity contribution is 5.92. The Morgan fingerprint density at radius 3 is 2.57 bits per heavy atom. The highest BCUT2D eigenvalue weighted by atomic mass is 19.4. The molecule has 0 aromatic carbocycles. The standard InChI is InChI=1S/C13H12F3N3.C7H5N3O/c14-13(15,16)12-7-9(4-5-17-12)11-8-10-3-1-2-6-19(10)18-11;8-4-6-3-5(7(9)11)1-2-10-6/h4-5,7-8H,1-3,6H2;1-3H,(H2,9,11). The van der Waals surface area contributed by atoms with Crippen molar-refractivity contribution in [2.75, 3.05) is 0 Å². The minimum Gasteiger partial charge on any atom is -0.366 e. The van der Waals surface area contributed by atoms with Crippen LogP contribution in [0.2, 0.25) is 0 Å². The van der Waals surface area contributed by atoms with Crippen molar-refractivity contribution in [3.63, 3.8) is 0 Å². The maximum absolute atomic E-state index is 12.6. The van der Waals surface area contributed by atoms with Crippen LogP contribution in [0.3, 0.4) is 0 Å². The molecule has 0 saturated carbocycles. The van der Waals surface area contributed by atoms with Crippen molar-refractivity contribution < 1.29 is 18.0 Å². The average molecular weight is 414 g/mol. The molecule has 0 aliphatic carbocycles. The van der Waals surface area contributed by atoms with Gasteiger partial charge in [0.05, 0.1) is 5.69 Å². The SMILES string of the molecule is FC(F)(F)c1cc(-c2cc3n(n2)CCCC3)ccn1.N#Cc1cc(C(N)=O)ccn1. The molecule has 3 aromatic heterocycles. The zero-order chi connectivity index (χ0) is 21.7. The van der Waals surface area contributed by atoms with Gasteiger partial charge in [0.1, 0.15) is 17.5 Å². The maximum Gasteiger partial charge on any atom is 0.433 e. The van der Waals surface area contributed by atoms with Crippen LogP contribution in [0.5, 0.6) is 0 Å². The van der Waals surface area contributed by atoms with Crippen molar-refractivity contribution in [2.45, 2.75) is 32.0 Å². The Morgan fingerprint density at radius 1 is 1.13 bits per heavy atom. The monoisotopic (exact) mass is 414 g/mol. The molecule has 0 unspecified atom stereocenters. The summed E-state index contributed by atoms with van der Waals surface area (Å²) in [6.45, 7) is 0.840. The molecular weight excluding hydrogens is 397 g/mol. The smallest absolute Gasteiger partial charge is 0.366 e. The van der Waals surface area contributed by atoms with Crippen LogP contribution in [0.4, 0.5) is 13.2 Å². The molecule has 0 fully saturated rings. The van der Waals surface area contributed by atoms with Crippen molar-refractivity contribution in [3.05, 3.63) is 65.4 Å². The molecule has 30 heavy (non-hydrogen) atoms. The van der Waals surface area contributed by atoms with E-state index in [0.717, 1.165) is 37.6 Å². The second kappa shape index (κ2) is 8.73. The maximum atomic E-state index is 12.6. The number of halogens is 3. The molecule has 1 aliphatic heterocycles. The summed E-state index contributed by atoms with van der Waals surface area (Å²) >= 11 is 0. The number of carbonyl (C=O) groups excluding carboxylic acids is 1. The van der Waals surface area contributed by atoms with Gasteiger partial charge >= 0.3 is 6.18 Å². The van der Waals surface area contributed by atoms with Gasteiger partial charge in [0, 0.05) is 35.8 Å². The Labute approximate surface area is 170 Å². The lowest BCUT2D eigenvalue weighted by atomic mass is 10.1. The van der Waals surface area contributed by atoms with E-state index in [9.17, 15) is 18.0 Å². The van der Waals surface area contributed by atoms with Crippen molar-refractivity contribution in [3.8, 4) is 17.3 Å². The molecule has 1 amide bonds. The lowest BCUT2D eigenvalue weighted by Crippen LogP contribution is -2.11. The molecule has 0 atom stereocenters. The van der Waals surface area contributed by atoms with Crippen LogP contribution in [0.1, 0.15) is 40.3 Å². The number of amides is 1.